The van der Waals surface area contributed by atoms with E-state index in [4.69, 9.17) is 14.2 Å². The summed E-state index contributed by atoms with van der Waals surface area (Å²) in [5.74, 6) is 1.25. The van der Waals surface area contributed by atoms with E-state index in [0.29, 0.717) is 11.6 Å². The van der Waals surface area contributed by atoms with Crippen LogP contribution in [-0.2, 0) is 21.8 Å². The van der Waals surface area contributed by atoms with Gasteiger partial charge in [-0.2, -0.15) is 0 Å². The lowest BCUT2D eigenvalue weighted by atomic mass is 9.94. The number of anilines is 1. The van der Waals surface area contributed by atoms with E-state index in [1.54, 1.807) is 33.4 Å². The minimum absolute atomic E-state index is 0.000457. The van der Waals surface area contributed by atoms with Crippen molar-refractivity contribution < 1.29 is 22.6 Å². The number of nitrogens with zero attached hydrogens (tertiary/aromatic N) is 2. The molecule has 33 heavy (non-hydrogen) atoms. The molecule has 0 aliphatic heterocycles. The highest BCUT2D eigenvalue weighted by molar-refractivity contribution is 7.92. The maximum Gasteiger partial charge on any atom is 0.238 e. The number of aryl methyl sites for hydroxylation is 1. The van der Waals surface area contributed by atoms with Crippen molar-refractivity contribution in [1.29, 1.82) is 0 Å². The van der Waals surface area contributed by atoms with Crippen molar-refractivity contribution in [2.75, 3.05) is 24.7 Å². The van der Waals surface area contributed by atoms with Crippen LogP contribution in [0, 0.1) is 0 Å². The van der Waals surface area contributed by atoms with Crippen LogP contribution in [0.1, 0.15) is 32.6 Å². The lowest BCUT2D eigenvalue weighted by Crippen LogP contribution is -2.27. The normalized spacial score (nSPS) is 18.9. The van der Waals surface area contributed by atoms with Crippen LogP contribution in [0.2, 0.25) is 0 Å². The van der Waals surface area contributed by atoms with Crippen LogP contribution in [0.15, 0.2) is 36.7 Å². The van der Waals surface area contributed by atoms with Gasteiger partial charge in [0, 0.05) is 48.8 Å². The molecule has 0 atom stereocenters. The molecule has 1 fully saturated rings. The molecule has 0 bridgehead atoms. The van der Waals surface area contributed by atoms with Gasteiger partial charge in [0.25, 0.3) is 0 Å². The molecule has 3 aromatic rings. The molecule has 1 N–H and O–H groups in total. The summed E-state index contributed by atoms with van der Waals surface area (Å²) in [5, 5.41) is 0.952. The number of aromatic nitrogens is 2. The summed E-state index contributed by atoms with van der Waals surface area (Å²) in [6, 6.07) is 7.37. The zero-order chi connectivity index (χ0) is 23.6. The van der Waals surface area contributed by atoms with Gasteiger partial charge in [-0.1, -0.05) is 0 Å². The van der Waals surface area contributed by atoms with E-state index in [1.807, 2.05) is 36.0 Å². The Morgan fingerprint density at radius 3 is 2.48 bits per heavy atom. The van der Waals surface area contributed by atoms with Gasteiger partial charge in [-0.25, -0.2) is 13.4 Å². The van der Waals surface area contributed by atoms with Gasteiger partial charge in [0.1, 0.15) is 11.3 Å². The number of fused-ring (bicyclic) bond motifs is 1. The highest BCUT2D eigenvalue weighted by Crippen LogP contribution is 2.41. The molecule has 1 saturated carbocycles. The topological polar surface area (TPSA) is 91.7 Å². The molecule has 1 aromatic carbocycles. The van der Waals surface area contributed by atoms with Gasteiger partial charge >= 0.3 is 0 Å². The molecule has 8 nitrogen and oxygen atoms in total. The molecule has 2 aromatic heterocycles. The number of nitrogens with one attached hydrogen (secondary N) is 1. The molecule has 0 spiro atoms. The second-order valence-electron chi connectivity index (χ2n) is 8.34. The molecule has 0 saturated heterocycles. The minimum atomic E-state index is -3.41. The quantitative estimate of drug-likeness (QED) is 0.523. The fraction of sp³-hybridized carbons (Fsp3) is 0.458. The first-order valence-corrected chi connectivity index (χ1v) is 12.8. The van der Waals surface area contributed by atoms with Crippen LogP contribution in [-0.4, -0.2) is 50.1 Å². The van der Waals surface area contributed by atoms with Crippen molar-refractivity contribution in [2.24, 2.45) is 7.05 Å². The van der Waals surface area contributed by atoms with Crippen molar-refractivity contribution in [3.05, 3.63) is 36.7 Å². The molecule has 9 heteroatoms. The number of hydrogen-bond acceptors (Lipinski definition) is 6. The molecular formula is C24H31N3O5S. The van der Waals surface area contributed by atoms with Gasteiger partial charge in [0.2, 0.25) is 15.9 Å². The predicted octanol–water partition coefficient (Wildman–Crippen LogP) is 4.35. The lowest BCUT2D eigenvalue weighted by molar-refractivity contribution is 0.0329. The fourth-order valence-electron chi connectivity index (χ4n) is 4.41. The van der Waals surface area contributed by atoms with Crippen LogP contribution in [0.5, 0.6) is 11.6 Å². The second-order valence-corrected chi connectivity index (χ2v) is 10.3. The van der Waals surface area contributed by atoms with Crippen LogP contribution < -0.4 is 14.2 Å². The third-order valence-electron chi connectivity index (χ3n) is 6.22. The van der Waals surface area contributed by atoms with Gasteiger partial charge < -0.3 is 18.8 Å². The first kappa shape index (κ1) is 23.4. The fourth-order valence-corrected chi connectivity index (χ4v) is 5.04. The summed E-state index contributed by atoms with van der Waals surface area (Å²) in [7, 11) is 1.88. The Balaban J connectivity index is 1.78. The van der Waals surface area contributed by atoms with E-state index in [0.717, 1.165) is 53.5 Å². The molecule has 178 valence electrons. The van der Waals surface area contributed by atoms with Gasteiger partial charge in [0.05, 0.1) is 25.1 Å². The van der Waals surface area contributed by atoms with E-state index in [-0.39, 0.29) is 18.0 Å². The summed E-state index contributed by atoms with van der Waals surface area (Å²) >= 11 is 0. The second kappa shape index (κ2) is 9.61. The van der Waals surface area contributed by atoms with E-state index in [9.17, 15) is 8.42 Å². The van der Waals surface area contributed by atoms with Crippen LogP contribution in [0.3, 0.4) is 0 Å². The number of ether oxygens (including phenoxy) is 3. The minimum Gasteiger partial charge on any atom is -0.490 e. The molecule has 0 radical (unpaired) electrons. The maximum absolute atomic E-state index is 12.2. The Hall–Kier alpha value is -2.78. The number of benzene rings is 1. The van der Waals surface area contributed by atoms with E-state index < -0.39 is 10.0 Å². The monoisotopic (exact) mass is 473 g/mol. The smallest absolute Gasteiger partial charge is 0.238 e. The van der Waals surface area contributed by atoms with Crippen LogP contribution >= 0.6 is 0 Å². The third kappa shape index (κ3) is 4.94. The zero-order valence-electron chi connectivity index (χ0n) is 19.5. The molecule has 1 aliphatic carbocycles. The summed E-state index contributed by atoms with van der Waals surface area (Å²) < 4.78 is 46.4. The van der Waals surface area contributed by atoms with Gasteiger partial charge in [0.15, 0.2) is 0 Å². The van der Waals surface area contributed by atoms with E-state index >= 15 is 0 Å². The Morgan fingerprint density at radius 1 is 1.09 bits per heavy atom. The Kier molecular flexibility index (Phi) is 6.81. The van der Waals surface area contributed by atoms with Gasteiger partial charge in [-0.3, -0.25) is 4.72 Å². The number of rotatable bonds is 8. The average Bonchev–Trinajstić information content (AvgIpc) is 3.17. The van der Waals surface area contributed by atoms with Crippen molar-refractivity contribution in [3.8, 4) is 22.8 Å². The SMILES string of the molecule is CCS(=O)(=O)Nc1ccc(O[C@H]2CC[C@H](OC)CC2)c(-c2cn(C)c3c(OC)nccc23)c1. The lowest BCUT2D eigenvalue weighted by Gasteiger charge is -2.29. The Morgan fingerprint density at radius 2 is 1.82 bits per heavy atom. The van der Waals surface area contributed by atoms with Crippen molar-refractivity contribution in [1.82, 2.24) is 9.55 Å². The summed E-state index contributed by atoms with van der Waals surface area (Å²) in [6.45, 7) is 1.61. The number of methoxy groups -OCH3 is 2. The average molecular weight is 474 g/mol. The highest BCUT2D eigenvalue weighted by atomic mass is 32.2. The van der Waals surface area contributed by atoms with Crippen molar-refractivity contribution in [3.63, 3.8) is 0 Å². The van der Waals surface area contributed by atoms with Crippen molar-refractivity contribution >= 4 is 26.6 Å². The van der Waals surface area contributed by atoms with E-state index in [1.165, 1.54) is 0 Å². The summed E-state index contributed by atoms with van der Waals surface area (Å²) in [6.07, 6.45) is 7.82. The maximum atomic E-state index is 12.2. The third-order valence-corrected chi connectivity index (χ3v) is 7.53. The number of hydrogen-bond donors (Lipinski definition) is 1. The Labute approximate surface area is 194 Å². The van der Waals surface area contributed by atoms with Gasteiger partial charge in [-0.05, 0) is 56.9 Å². The molecular weight excluding hydrogens is 442 g/mol. The summed E-state index contributed by atoms with van der Waals surface area (Å²) in [4.78, 5) is 4.32. The number of pyridine rings is 1. The molecule has 2 heterocycles. The summed E-state index contributed by atoms with van der Waals surface area (Å²) in [5.41, 5.74) is 3.10. The predicted molar refractivity (Wildman–Crippen MR) is 129 cm³/mol. The van der Waals surface area contributed by atoms with E-state index in [2.05, 4.69) is 9.71 Å². The molecule has 4 rings (SSSR count). The molecule has 0 amide bonds. The molecule has 1 aliphatic rings. The first-order chi connectivity index (χ1) is 15.8. The first-order valence-electron chi connectivity index (χ1n) is 11.2. The highest BCUT2D eigenvalue weighted by Gasteiger charge is 2.24. The largest absolute Gasteiger partial charge is 0.490 e. The van der Waals surface area contributed by atoms with Crippen LogP contribution in [0.25, 0.3) is 22.0 Å². The van der Waals surface area contributed by atoms with Crippen molar-refractivity contribution in [2.45, 2.75) is 44.8 Å². The standard InChI is InChI=1S/C24H31N3O5S/c1-5-33(28,29)26-16-6-11-22(32-18-9-7-17(30-3)8-10-18)20(14-16)21-15-27(2)23-19(21)12-13-25-24(23)31-4/h6,11-15,17-18,26H,5,7-10H2,1-4H3/t17-,18-. The Bertz CT molecular complexity index is 1230. The molecule has 0 unspecified atom stereocenters. The zero-order valence-corrected chi connectivity index (χ0v) is 20.3. The van der Waals surface area contributed by atoms with Gasteiger partial charge in [-0.15, -0.1) is 0 Å². The number of sulfonamides is 1. The van der Waals surface area contributed by atoms with Crippen LogP contribution in [0.4, 0.5) is 5.69 Å².